The van der Waals surface area contributed by atoms with E-state index in [1.54, 1.807) is 0 Å². The quantitative estimate of drug-likeness (QED) is 0.244. The summed E-state index contributed by atoms with van der Waals surface area (Å²) in [6.07, 6.45) is 5.50. The van der Waals surface area contributed by atoms with Crippen molar-refractivity contribution in [2.45, 2.75) is 72.6 Å². The standard InChI is InChI=1S/C24H30O5/c1-17-18(2)24(29-20(4)25)21(19(3)23(17)27)15-13-11-9-7-6-8-10-12-14-16-22(26)28-5/h27H,8-13,15H2,1-5H3. The summed E-state index contributed by atoms with van der Waals surface area (Å²) in [4.78, 5) is 22.3. The van der Waals surface area contributed by atoms with E-state index in [1.807, 2.05) is 20.8 Å². The lowest BCUT2D eigenvalue weighted by Gasteiger charge is -2.18. The molecule has 5 heteroatoms. The molecule has 156 valence electrons. The number of aromatic hydroxyl groups is 1. The minimum absolute atomic E-state index is 0.267. The fraction of sp³-hybridized carbons (Fsp3) is 0.500. The molecule has 0 aliphatic carbocycles. The molecule has 0 saturated carbocycles. The van der Waals surface area contributed by atoms with Crippen molar-refractivity contribution in [2.75, 3.05) is 7.11 Å². The molecule has 1 N–H and O–H groups in total. The van der Waals surface area contributed by atoms with Gasteiger partial charge in [0.15, 0.2) is 0 Å². The predicted molar refractivity (Wildman–Crippen MR) is 113 cm³/mol. The topological polar surface area (TPSA) is 72.8 Å². The van der Waals surface area contributed by atoms with E-state index in [0.29, 0.717) is 18.6 Å². The normalized spacial score (nSPS) is 9.69. The third kappa shape index (κ3) is 7.92. The van der Waals surface area contributed by atoms with Crippen molar-refractivity contribution in [3.8, 4) is 35.2 Å². The Morgan fingerprint density at radius 1 is 0.897 bits per heavy atom. The summed E-state index contributed by atoms with van der Waals surface area (Å²) < 4.78 is 9.88. The van der Waals surface area contributed by atoms with Crippen LogP contribution in [0.4, 0.5) is 0 Å². The van der Waals surface area contributed by atoms with Crippen LogP contribution in [0, 0.1) is 44.5 Å². The number of hydrogen-bond acceptors (Lipinski definition) is 5. The highest BCUT2D eigenvalue weighted by atomic mass is 16.5. The summed E-state index contributed by atoms with van der Waals surface area (Å²) in [7, 11) is 1.31. The van der Waals surface area contributed by atoms with Gasteiger partial charge in [-0.25, -0.2) is 4.79 Å². The lowest BCUT2D eigenvalue weighted by atomic mass is 9.94. The molecule has 0 atom stereocenters. The van der Waals surface area contributed by atoms with Gasteiger partial charge in [0, 0.05) is 37.7 Å². The van der Waals surface area contributed by atoms with E-state index in [4.69, 9.17) is 4.74 Å². The predicted octanol–water partition coefficient (Wildman–Crippen LogP) is 4.31. The molecule has 0 saturated heterocycles. The molecule has 0 amide bonds. The van der Waals surface area contributed by atoms with E-state index in [1.165, 1.54) is 14.0 Å². The first kappa shape index (κ1) is 24.1. The van der Waals surface area contributed by atoms with E-state index < -0.39 is 5.97 Å². The van der Waals surface area contributed by atoms with Gasteiger partial charge in [-0.2, -0.15) is 0 Å². The molecule has 0 fully saturated rings. The van der Waals surface area contributed by atoms with Gasteiger partial charge < -0.3 is 14.6 Å². The number of hydrogen-bond donors (Lipinski definition) is 1. The molecule has 1 aromatic carbocycles. The van der Waals surface area contributed by atoms with Crippen molar-refractivity contribution in [1.82, 2.24) is 0 Å². The van der Waals surface area contributed by atoms with Crippen molar-refractivity contribution >= 4 is 11.9 Å². The van der Waals surface area contributed by atoms with Crippen LogP contribution in [0.1, 0.15) is 67.7 Å². The van der Waals surface area contributed by atoms with Crippen LogP contribution in [0.3, 0.4) is 0 Å². The van der Waals surface area contributed by atoms with Gasteiger partial charge in [0.1, 0.15) is 11.5 Å². The van der Waals surface area contributed by atoms with Crippen LogP contribution in [-0.4, -0.2) is 24.2 Å². The molecule has 0 spiro atoms. The maximum Gasteiger partial charge on any atom is 0.384 e. The first-order chi connectivity index (χ1) is 13.8. The second-order valence-electron chi connectivity index (χ2n) is 6.83. The molecular weight excluding hydrogens is 368 g/mol. The van der Waals surface area contributed by atoms with E-state index in [-0.39, 0.29) is 11.7 Å². The Hall–Kier alpha value is -2.92. The number of benzene rings is 1. The van der Waals surface area contributed by atoms with Crippen LogP contribution < -0.4 is 4.74 Å². The molecule has 0 radical (unpaired) electrons. The number of carbonyl (C=O) groups excluding carboxylic acids is 2. The van der Waals surface area contributed by atoms with E-state index >= 15 is 0 Å². The minimum Gasteiger partial charge on any atom is -0.507 e. The molecule has 1 rings (SSSR count). The fourth-order valence-electron chi connectivity index (χ4n) is 2.89. The van der Waals surface area contributed by atoms with E-state index in [2.05, 4.69) is 28.4 Å². The first-order valence-corrected chi connectivity index (χ1v) is 9.82. The van der Waals surface area contributed by atoms with Crippen molar-refractivity contribution < 1.29 is 24.2 Å². The zero-order chi connectivity index (χ0) is 21.8. The number of rotatable bonds is 7. The van der Waals surface area contributed by atoms with Crippen LogP contribution >= 0.6 is 0 Å². The van der Waals surface area contributed by atoms with Gasteiger partial charge >= 0.3 is 11.9 Å². The van der Waals surface area contributed by atoms with Gasteiger partial charge in [-0.3, -0.25) is 4.79 Å². The van der Waals surface area contributed by atoms with Crippen LogP contribution in [0.25, 0.3) is 0 Å². The Labute approximate surface area is 173 Å². The number of unbranched alkanes of at least 4 members (excludes halogenated alkanes) is 4. The number of phenolic OH excluding ortho intramolecular Hbond substituents is 1. The SMILES string of the molecule is COC(=O)C#CCCCC#CCCCCc1c(C)c(O)c(C)c(C)c1OC(C)=O. The third-order valence-corrected chi connectivity index (χ3v) is 4.67. The van der Waals surface area contributed by atoms with E-state index in [0.717, 1.165) is 54.4 Å². The number of methoxy groups -OCH3 is 1. The van der Waals surface area contributed by atoms with Crippen LogP contribution in [0.2, 0.25) is 0 Å². The molecule has 1 aromatic rings. The average molecular weight is 398 g/mol. The smallest absolute Gasteiger partial charge is 0.384 e. The molecule has 0 unspecified atom stereocenters. The number of carbonyl (C=O) groups is 2. The Bertz CT molecular complexity index is 859. The zero-order valence-electron chi connectivity index (χ0n) is 18.0. The van der Waals surface area contributed by atoms with Crippen LogP contribution in [0.5, 0.6) is 11.5 Å². The molecular formula is C24H30O5. The summed E-state index contributed by atoms with van der Waals surface area (Å²) >= 11 is 0. The monoisotopic (exact) mass is 398 g/mol. The molecule has 0 aliphatic rings. The van der Waals surface area contributed by atoms with Crippen molar-refractivity contribution in [3.63, 3.8) is 0 Å². The number of phenols is 1. The number of esters is 2. The highest BCUT2D eigenvalue weighted by Crippen LogP contribution is 2.38. The van der Waals surface area contributed by atoms with E-state index in [9.17, 15) is 14.7 Å². The minimum atomic E-state index is -0.514. The molecule has 29 heavy (non-hydrogen) atoms. The third-order valence-electron chi connectivity index (χ3n) is 4.67. The largest absolute Gasteiger partial charge is 0.507 e. The second kappa shape index (κ2) is 12.5. The van der Waals surface area contributed by atoms with Gasteiger partial charge in [-0.1, -0.05) is 5.92 Å². The molecule has 0 aromatic heterocycles. The van der Waals surface area contributed by atoms with Gasteiger partial charge in [-0.15, -0.1) is 11.8 Å². The molecule has 0 bridgehead atoms. The van der Waals surface area contributed by atoms with Gasteiger partial charge in [0.05, 0.1) is 7.11 Å². The zero-order valence-corrected chi connectivity index (χ0v) is 18.0. The van der Waals surface area contributed by atoms with Crippen molar-refractivity contribution in [2.24, 2.45) is 0 Å². The lowest BCUT2D eigenvalue weighted by Crippen LogP contribution is -2.08. The molecule has 5 nitrogen and oxygen atoms in total. The molecule has 0 heterocycles. The highest BCUT2D eigenvalue weighted by Gasteiger charge is 2.19. The highest BCUT2D eigenvalue weighted by molar-refractivity contribution is 5.88. The lowest BCUT2D eigenvalue weighted by molar-refractivity contribution is -0.134. The second-order valence-corrected chi connectivity index (χ2v) is 6.83. The van der Waals surface area contributed by atoms with Gasteiger partial charge in [0.2, 0.25) is 0 Å². The fourth-order valence-corrected chi connectivity index (χ4v) is 2.89. The Kier molecular flexibility index (Phi) is 10.4. The molecule has 0 aliphatic heterocycles. The first-order valence-electron chi connectivity index (χ1n) is 9.82. The van der Waals surface area contributed by atoms with Gasteiger partial charge in [-0.05, 0) is 63.1 Å². The van der Waals surface area contributed by atoms with Crippen LogP contribution in [0.15, 0.2) is 0 Å². The summed E-state index contributed by atoms with van der Waals surface area (Å²) in [5.41, 5.74) is 3.19. The Morgan fingerprint density at radius 3 is 2.14 bits per heavy atom. The average Bonchev–Trinajstić information content (AvgIpc) is 2.69. The maximum absolute atomic E-state index is 11.5. The Morgan fingerprint density at radius 2 is 1.52 bits per heavy atom. The summed E-state index contributed by atoms with van der Waals surface area (Å²) in [6, 6.07) is 0. The summed E-state index contributed by atoms with van der Waals surface area (Å²) in [5, 5.41) is 10.3. The summed E-state index contributed by atoms with van der Waals surface area (Å²) in [6.45, 7) is 6.92. The van der Waals surface area contributed by atoms with Crippen molar-refractivity contribution in [3.05, 3.63) is 22.3 Å². The van der Waals surface area contributed by atoms with Crippen LogP contribution in [-0.2, 0) is 20.7 Å². The maximum atomic E-state index is 11.5. The van der Waals surface area contributed by atoms with Crippen molar-refractivity contribution in [1.29, 1.82) is 0 Å². The Balaban J connectivity index is 2.52. The summed E-state index contributed by atoms with van der Waals surface area (Å²) in [5.74, 6) is 11.4. The van der Waals surface area contributed by atoms with Gasteiger partial charge in [0.25, 0.3) is 0 Å². The number of ether oxygens (including phenoxy) is 2.